The van der Waals surface area contributed by atoms with Crippen LogP contribution in [-0.4, -0.2) is 29.1 Å². The Morgan fingerprint density at radius 2 is 1.96 bits per heavy atom. The Kier molecular flexibility index (Phi) is 5.45. The number of anilines is 2. The van der Waals surface area contributed by atoms with Gasteiger partial charge in [-0.2, -0.15) is 0 Å². The number of thiazole rings is 1. The summed E-state index contributed by atoms with van der Waals surface area (Å²) in [5.41, 5.74) is 3.59. The van der Waals surface area contributed by atoms with Gasteiger partial charge in [0.1, 0.15) is 0 Å². The van der Waals surface area contributed by atoms with E-state index in [9.17, 15) is 9.59 Å². The second kappa shape index (κ2) is 8.16. The highest BCUT2D eigenvalue weighted by Crippen LogP contribution is 2.34. The van der Waals surface area contributed by atoms with Gasteiger partial charge in [0.25, 0.3) is 0 Å². The number of hydrogen-bond acceptors (Lipinski definition) is 5. The van der Waals surface area contributed by atoms with Crippen molar-refractivity contribution in [3.05, 3.63) is 58.9 Å². The number of carbonyl (C=O) groups excluding carboxylic acids is 2. The summed E-state index contributed by atoms with van der Waals surface area (Å²) >= 11 is 3.16. The SMILES string of the molecule is Cc1nc(-c2ccc(NC(=O)CCN3C(=O)CSc4ccccc43)cc2)cs1. The van der Waals surface area contributed by atoms with E-state index in [-0.39, 0.29) is 18.2 Å². The Hall–Kier alpha value is -2.64. The van der Waals surface area contributed by atoms with Gasteiger partial charge in [0.05, 0.1) is 22.1 Å². The minimum absolute atomic E-state index is 0.0411. The van der Waals surface area contributed by atoms with Gasteiger partial charge in [-0.25, -0.2) is 4.98 Å². The lowest BCUT2D eigenvalue weighted by atomic mass is 10.1. The van der Waals surface area contributed by atoms with Crippen LogP contribution in [0.4, 0.5) is 11.4 Å². The highest BCUT2D eigenvalue weighted by molar-refractivity contribution is 8.00. The molecule has 2 aromatic carbocycles. The van der Waals surface area contributed by atoms with Crippen molar-refractivity contribution in [2.24, 2.45) is 0 Å². The molecule has 3 aromatic rings. The van der Waals surface area contributed by atoms with Crippen molar-refractivity contribution in [2.45, 2.75) is 18.2 Å². The van der Waals surface area contributed by atoms with Crippen LogP contribution in [0.15, 0.2) is 58.8 Å². The Morgan fingerprint density at radius 3 is 2.71 bits per heavy atom. The highest BCUT2D eigenvalue weighted by Gasteiger charge is 2.24. The first-order valence-corrected chi connectivity index (χ1v) is 10.8. The van der Waals surface area contributed by atoms with E-state index in [0.29, 0.717) is 12.3 Å². The molecule has 28 heavy (non-hydrogen) atoms. The maximum Gasteiger partial charge on any atom is 0.237 e. The number of carbonyl (C=O) groups is 2. The Balaban J connectivity index is 1.37. The van der Waals surface area contributed by atoms with E-state index in [1.165, 1.54) is 0 Å². The average Bonchev–Trinajstić information content (AvgIpc) is 3.14. The third kappa shape index (κ3) is 4.10. The number of para-hydroxylation sites is 1. The van der Waals surface area contributed by atoms with Gasteiger partial charge in [-0.15, -0.1) is 23.1 Å². The van der Waals surface area contributed by atoms with Gasteiger partial charge in [0.15, 0.2) is 0 Å². The fourth-order valence-corrected chi connectivity index (χ4v) is 4.61. The van der Waals surface area contributed by atoms with Gasteiger partial charge < -0.3 is 10.2 Å². The molecule has 5 nitrogen and oxygen atoms in total. The first kappa shape index (κ1) is 18.7. The summed E-state index contributed by atoms with van der Waals surface area (Å²) < 4.78 is 0. The molecule has 0 fully saturated rings. The van der Waals surface area contributed by atoms with Crippen LogP contribution in [0, 0.1) is 6.92 Å². The molecule has 0 bridgehead atoms. The van der Waals surface area contributed by atoms with Crippen LogP contribution in [0.5, 0.6) is 0 Å². The Morgan fingerprint density at radius 1 is 1.18 bits per heavy atom. The molecule has 1 N–H and O–H groups in total. The minimum Gasteiger partial charge on any atom is -0.326 e. The summed E-state index contributed by atoms with van der Waals surface area (Å²) in [5.74, 6) is 0.344. The third-order valence-electron chi connectivity index (χ3n) is 4.45. The molecule has 4 rings (SSSR count). The first-order chi connectivity index (χ1) is 13.6. The number of nitrogens with zero attached hydrogens (tertiary/aromatic N) is 2. The van der Waals surface area contributed by atoms with Gasteiger partial charge >= 0.3 is 0 Å². The van der Waals surface area contributed by atoms with Crippen LogP contribution >= 0.6 is 23.1 Å². The van der Waals surface area contributed by atoms with Crippen LogP contribution in [0.3, 0.4) is 0 Å². The number of rotatable bonds is 5. The Labute approximate surface area is 171 Å². The van der Waals surface area contributed by atoms with E-state index in [0.717, 1.165) is 32.5 Å². The van der Waals surface area contributed by atoms with Crippen molar-refractivity contribution in [2.75, 3.05) is 22.5 Å². The van der Waals surface area contributed by atoms with E-state index in [2.05, 4.69) is 10.3 Å². The summed E-state index contributed by atoms with van der Waals surface area (Å²) in [6.45, 7) is 2.35. The zero-order chi connectivity index (χ0) is 19.5. The van der Waals surface area contributed by atoms with Crippen molar-refractivity contribution in [3.63, 3.8) is 0 Å². The fraction of sp³-hybridized carbons (Fsp3) is 0.190. The van der Waals surface area contributed by atoms with Gasteiger partial charge in [-0.3, -0.25) is 9.59 Å². The van der Waals surface area contributed by atoms with Crippen LogP contribution in [0.2, 0.25) is 0 Å². The molecule has 0 radical (unpaired) electrons. The van der Waals surface area contributed by atoms with Crippen molar-refractivity contribution in [1.82, 2.24) is 4.98 Å². The number of nitrogens with one attached hydrogen (secondary N) is 1. The molecule has 0 aliphatic carbocycles. The third-order valence-corrected chi connectivity index (χ3v) is 6.28. The number of hydrogen-bond donors (Lipinski definition) is 1. The number of amides is 2. The topological polar surface area (TPSA) is 62.3 Å². The lowest BCUT2D eigenvalue weighted by Crippen LogP contribution is -2.37. The molecule has 1 aliphatic rings. The highest BCUT2D eigenvalue weighted by atomic mass is 32.2. The van der Waals surface area contributed by atoms with Gasteiger partial charge in [-0.05, 0) is 31.2 Å². The second-order valence-electron chi connectivity index (χ2n) is 6.43. The largest absolute Gasteiger partial charge is 0.326 e. The van der Waals surface area contributed by atoms with E-state index < -0.39 is 0 Å². The number of benzene rings is 2. The maximum atomic E-state index is 12.4. The van der Waals surface area contributed by atoms with Crippen molar-refractivity contribution in [3.8, 4) is 11.3 Å². The smallest absolute Gasteiger partial charge is 0.237 e. The molecule has 2 amide bonds. The molecule has 2 heterocycles. The predicted molar refractivity (Wildman–Crippen MR) is 115 cm³/mol. The molecular weight excluding hydrogens is 390 g/mol. The van der Waals surface area contributed by atoms with Gasteiger partial charge in [-0.1, -0.05) is 24.3 Å². The molecule has 1 aromatic heterocycles. The Bertz CT molecular complexity index is 1010. The first-order valence-electron chi connectivity index (χ1n) is 8.95. The molecular formula is C21H19N3O2S2. The molecule has 0 saturated carbocycles. The molecule has 142 valence electrons. The number of aromatic nitrogens is 1. The van der Waals surface area contributed by atoms with E-state index in [4.69, 9.17) is 0 Å². The van der Waals surface area contributed by atoms with Crippen LogP contribution < -0.4 is 10.2 Å². The standard InChI is InChI=1S/C21H19N3O2S2/c1-14-22-17(12-27-14)15-6-8-16(9-7-15)23-20(25)10-11-24-18-4-2-3-5-19(18)28-13-21(24)26/h2-9,12H,10-11,13H2,1H3,(H,23,25). The summed E-state index contributed by atoms with van der Waals surface area (Å²) in [6.07, 6.45) is 0.248. The molecule has 0 unspecified atom stereocenters. The van der Waals surface area contributed by atoms with E-state index >= 15 is 0 Å². The maximum absolute atomic E-state index is 12.4. The number of fused-ring (bicyclic) bond motifs is 1. The predicted octanol–water partition coefficient (Wildman–Crippen LogP) is 4.59. The zero-order valence-electron chi connectivity index (χ0n) is 15.3. The van der Waals surface area contributed by atoms with Crippen molar-refractivity contribution in [1.29, 1.82) is 0 Å². The number of thioether (sulfide) groups is 1. The quantitative estimate of drug-likeness (QED) is 0.670. The molecule has 1 aliphatic heterocycles. The lowest BCUT2D eigenvalue weighted by molar-refractivity contribution is -0.117. The van der Waals surface area contributed by atoms with Crippen LogP contribution in [0.25, 0.3) is 11.3 Å². The molecule has 0 saturated heterocycles. The second-order valence-corrected chi connectivity index (χ2v) is 8.51. The van der Waals surface area contributed by atoms with E-state index in [1.807, 2.05) is 60.8 Å². The van der Waals surface area contributed by atoms with Gasteiger partial charge in [0.2, 0.25) is 11.8 Å². The average molecular weight is 410 g/mol. The molecule has 0 atom stereocenters. The van der Waals surface area contributed by atoms with Gasteiger partial charge in [0, 0.05) is 34.5 Å². The summed E-state index contributed by atoms with van der Waals surface area (Å²) in [7, 11) is 0. The molecule has 7 heteroatoms. The normalized spacial score (nSPS) is 13.3. The summed E-state index contributed by atoms with van der Waals surface area (Å²) in [5, 5.41) is 5.95. The summed E-state index contributed by atoms with van der Waals surface area (Å²) in [4.78, 5) is 31.9. The van der Waals surface area contributed by atoms with Crippen molar-refractivity contribution >= 4 is 46.3 Å². The molecule has 0 spiro atoms. The zero-order valence-corrected chi connectivity index (χ0v) is 17.0. The number of aryl methyl sites for hydroxylation is 1. The lowest BCUT2D eigenvalue weighted by Gasteiger charge is -2.28. The van der Waals surface area contributed by atoms with Crippen LogP contribution in [0.1, 0.15) is 11.4 Å². The minimum atomic E-state index is -0.110. The van der Waals surface area contributed by atoms with Crippen molar-refractivity contribution < 1.29 is 9.59 Å². The monoisotopic (exact) mass is 409 g/mol. The van der Waals surface area contributed by atoms with Crippen LogP contribution in [-0.2, 0) is 9.59 Å². The fourth-order valence-electron chi connectivity index (χ4n) is 3.06. The van der Waals surface area contributed by atoms with E-state index in [1.54, 1.807) is 28.0 Å². The summed E-state index contributed by atoms with van der Waals surface area (Å²) in [6, 6.07) is 15.5.